The molecule has 0 bridgehead atoms. The fourth-order valence-corrected chi connectivity index (χ4v) is 2.92. The molecule has 2 aromatic carbocycles. The molecule has 4 nitrogen and oxygen atoms in total. The highest BCUT2D eigenvalue weighted by atomic mass is 31.2. The van der Waals surface area contributed by atoms with Crippen LogP contribution in [0.4, 0.5) is 0 Å². The van der Waals surface area contributed by atoms with Gasteiger partial charge in [-0.3, -0.25) is 9.36 Å². The van der Waals surface area contributed by atoms with Crippen molar-refractivity contribution in [3.63, 3.8) is 0 Å². The highest BCUT2D eigenvalue weighted by Crippen LogP contribution is 2.42. The zero-order valence-electron chi connectivity index (χ0n) is 10.6. The van der Waals surface area contributed by atoms with E-state index in [1.165, 1.54) is 0 Å². The molecule has 1 N–H and O–H groups in total. The van der Waals surface area contributed by atoms with E-state index in [0.717, 1.165) is 10.8 Å². The second-order valence-corrected chi connectivity index (χ2v) is 6.05. The van der Waals surface area contributed by atoms with Crippen LogP contribution in [-0.2, 0) is 9.09 Å². The second-order valence-electron chi connectivity index (χ2n) is 4.20. The van der Waals surface area contributed by atoms with Crippen molar-refractivity contribution in [2.75, 3.05) is 12.8 Å². The summed E-state index contributed by atoms with van der Waals surface area (Å²) in [5.74, 6) is -0.384. The Morgan fingerprint density at radius 3 is 2.58 bits per heavy atom. The molecule has 0 aromatic heterocycles. The van der Waals surface area contributed by atoms with Crippen molar-refractivity contribution in [3.8, 4) is 0 Å². The Morgan fingerprint density at radius 1 is 1.21 bits per heavy atom. The van der Waals surface area contributed by atoms with Crippen LogP contribution >= 0.6 is 7.60 Å². The third kappa shape index (κ3) is 3.51. The first kappa shape index (κ1) is 13.9. The molecule has 2 aromatic rings. The highest BCUT2D eigenvalue weighted by molar-refractivity contribution is 7.53. The van der Waals surface area contributed by atoms with E-state index >= 15 is 0 Å². The van der Waals surface area contributed by atoms with Crippen LogP contribution in [0.25, 0.3) is 10.8 Å². The van der Waals surface area contributed by atoms with Gasteiger partial charge in [0.1, 0.15) is 6.16 Å². The molecule has 19 heavy (non-hydrogen) atoms. The van der Waals surface area contributed by atoms with E-state index in [0.29, 0.717) is 5.56 Å². The summed E-state index contributed by atoms with van der Waals surface area (Å²) >= 11 is 0. The molecule has 0 aliphatic carbocycles. The van der Waals surface area contributed by atoms with Crippen LogP contribution < -0.4 is 0 Å². The van der Waals surface area contributed by atoms with E-state index < -0.39 is 13.8 Å². The number of hydrogen-bond acceptors (Lipinski definition) is 3. The molecule has 0 spiro atoms. The van der Waals surface area contributed by atoms with E-state index in [1.54, 1.807) is 19.1 Å². The fourth-order valence-electron chi connectivity index (χ4n) is 1.88. The topological polar surface area (TPSA) is 63.6 Å². The molecule has 5 heteroatoms. The molecule has 0 saturated heterocycles. The Bertz CT molecular complexity index is 651. The van der Waals surface area contributed by atoms with Gasteiger partial charge < -0.3 is 9.42 Å². The molecule has 0 heterocycles. The van der Waals surface area contributed by atoms with Crippen LogP contribution in [0, 0.1) is 0 Å². The van der Waals surface area contributed by atoms with Crippen molar-refractivity contribution in [1.82, 2.24) is 0 Å². The van der Waals surface area contributed by atoms with E-state index in [-0.39, 0.29) is 12.4 Å². The van der Waals surface area contributed by atoms with Crippen LogP contribution in [0.3, 0.4) is 0 Å². The molecule has 0 aliphatic rings. The maximum Gasteiger partial charge on any atom is 0.335 e. The van der Waals surface area contributed by atoms with Gasteiger partial charge in [0.05, 0.1) is 6.61 Å². The first-order valence-electron chi connectivity index (χ1n) is 6.00. The fraction of sp³-hybridized carbons (Fsp3) is 0.214. The molecule has 1 atom stereocenters. The number of rotatable bonds is 5. The Hall–Kier alpha value is -1.48. The Balaban J connectivity index is 2.24. The van der Waals surface area contributed by atoms with Gasteiger partial charge in [-0.15, -0.1) is 0 Å². The predicted octanol–water partition coefficient (Wildman–Crippen LogP) is 3.24. The quantitative estimate of drug-likeness (QED) is 0.673. The number of hydrogen-bond donors (Lipinski definition) is 1. The maximum atomic E-state index is 12.0. The molecule has 0 fully saturated rings. The smallest absolute Gasteiger partial charge is 0.324 e. The van der Waals surface area contributed by atoms with Crippen molar-refractivity contribution in [3.05, 3.63) is 48.0 Å². The van der Waals surface area contributed by atoms with Crippen molar-refractivity contribution >= 4 is 24.2 Å². The van der Waals surface area contributed by atoms with Crippen molar-refractivity contribution in [2.45, 2.75) is 6.92 Å². The maximum absolute atomic E-state index is 12.0. The summed E-state index contributed by atoms with van der Waals surface area (Å²) in [6.45, 7) is 1.72. The van der Waals surface area contributed by atoms with Gasteiger partial charge in [-0.05, 0) is 23.8 Å². The lowest BCUT2D eigenvalue weighted by Crippen LogP contribution is -2.07. The first-order chi connectivity index (χ1) is 9.02. The zero-order valence-corrected chi connectivity index (χ0v) is 11.5. The minimum absolute atomic E-state index is 0.110. The SMILES string of the molecule is CCOP(=O)(O)CC(=O)c1ccc2ccccc2c1. The number of ketones is 1. The minimum atomic E-state index is -3.82. The summed E-state index contributed by atoms with van der Waals surface area (Å²) in [5.41, 5.74) is 0.424. The largest absolute Gasteiger partial charge is 0.335 e. The van der Waals surface area contributed by atoms with Gasteiger partial charge in [-0.1, -0.05) is 36.4 Å². The van der Waals surface area contributed by atoms with Gasteiger partial charge in [-0.25, -0.2) is 0 Å². The number of carbonyl (C=O) groups excluding carboxylic acids is 1. The molecular formula is C14H15O4P. The second kappa shape index (κ2) is 5.66. The summed E-state index contributed by atoms with van der Waals surface area (Å²) in [5, 5.41) is 1.95. The van der Waals surface area contributed by atoms with E-state index in [4.69, 9.17) is 4.52 Å². The molecule has 2 rings (SSSR count). The molecule has 1 unspecified atom stereocenters. The number of carbonyl (C=O) groups is 1. The van der Waals surface area contributed by atoms with Gasteiger partial charge in [0.15, 0.2) is 5.78 Å². The summed E-state index contributed by atoms with van der Waals surface area (Å²) in [7, 11) is -3.82. The van der Waals surface area contributed by atoms with Gasteiger partial charge in [-0.2, -0.15) is 0 Å². The van der Waals surface area contributed by atoms with Gasteiger partial charge >= 0.3 is 7.60 Å². The summed E-state index contributed by atoms with van der Waals surface area (Å²) in [6, 6.07) is 12.9. The summed E-state index contributed by atoms with van der Waals surface area (Å²) in [6.07, 6.45) is -0.487. The molecule has 0 aliphatic heterocycles. The lowest BCUT2D eigenvalue weighted by molar-refractivity contribution is 0.101. The number of fused-ring (bicyclic) bond motifs is 1. The van der Waals surface area contributed by atoms with Crippen LogP contribution in [0.15, 0.2) is 42.5 Å². The lowest BCUT2D eigenvalue weighted by atomic mass is 10.1. The first-order valence-corrected chi connectivity index (χ1v) is 7.76. The standard InChI is InChI=1S/C14H15O4P/c1-2-18-19(16,17)10-14(15)13-8-7-11-5-3-4-6-12(11)9-13/h3-9H,2,10H2,1H3,(H,16,17). The van der Waals surface area contributed by atoms with Crippen LogP contribution in [-0.4, -0.2) is 23.4 Å². The van der Waals surface area contributed by atoms with Gasteiger partial charge in [0.2, 0.25) is 0 Å². The highest BCUT2D eigenvalue weighted by Gasteiger charge is 2.24. The number of benzene rings is 2. The number of Topliss-reactive ketones (excluding diaryl/α,β-unsaturated/α-hetero) is 1. The average molecular weight is 278 g/mol. The molecule has 100 valence electrons. The molecular weight excluding hydrogens is 263 g/mol. The van der Waals surface area contributed by atoms with E-state index in [1.807, 2.05) is 30.3 Å². The van der Waals surface area contributed by atoms with Gasteiger partial charge in [0, 0.05) is 5.56 Å². The molecule has 0 radical (unpaired) electrons. The van der Waals surface area contributed by atoms with Crippen molar-refractivity contribution in [1.29, 1.82) is 0 Å². The van der Waals surface area contributed by atoms with Crippen LogP contribution in [0.1, 0.15) is 17.3 Å². The summed E-state index contributed by atoms with van der Waals surface area (Å²) < 4.78 is 16.3. The summed E-state index contributed by atoms with van der Waals surface area (Å²) in [4.78, 5) is 21.4. The lowest BCUT2D eigenvalue weighted by Gasteiger charge is -2.10. The third-order valence-electron chi connectivity index (χ3n) is 2.75. The van der Waals surface area contributed by atoms with Crippen molar-refractivity contribution < 1.29 is 18.8 Å². The average Bonchev–Trinajstić information content (AvgIpc) is 2.37. The van der Waals surface area contributed by atoms with Crippen molar-refractivity contribution in [2.24, 2.45) is 0 Å². The third-order valence-corrected chi connectivity index (χ3v) is 4.09. The normalized spacial score (nSPS) is 14.2. The van der Waals surface area contributed by atoms with E-state index in [9.17, 15) is 14.3 Å². The predicted molar refractivity (Wildman–Crippen MR) is 74.6 cm³/mol. The zero-order chi connectivity index (χ0) is 13.9. The Kier molecular flexibility index (Phi) is 4.15. The molecule has 0 saturated carbocycles. The van der Waals surface area contributed by atoms with Crippen LogP contribution in [0.2, 0.25) is 0 Å². The van der Waals surface area contributed by atoms with E-state index in [2.05, 4.69) is 0 Å². The van der Waals surface area contributed by atoms with Gasteiger partial charge in [0.25, 0.3) is 0 Å². The minimum Gasteiger partial charge on any atom is -0.324 e. The monoisotopic (exact) mass is 278 g/mol. The van der Waals surface area contributed by atoms with Crippen LogP contribution in [0.5, 0.6) is 0 Å². The molecule has 0 amide bonds. The Labute approximate surface area is 111 Å². The Morgan fingerprint density at radius 2 is 1.89 bits per heavy atom.